The molecule has 3 aromatic rings. The molecule has 33 heavy (non-hydrogen) atoms. The number of aliphatic hydroxyl groups excluding tert-OH is 2. The van der Waals surface area contributed by atoms with Crippen LogP contribution in [-0.4, -0.2) is 60.4 Å². The lowest BCUT2D eigenvalue weighted by molar-refractivity contribution is -0.0908. The summed E-state index contributed by atoms with van der Waals surface area (Å²) < 4.78 is 6.31. The number of aliphatic hydroxyl groups is 3. The molecule has 2 heterocycles. The van der Waals surface area contributed by atoms with Gasteiger partial charge in [-0.15, -0.1) is 0 Å². The number of ether oxygens (including phenoxy) is 1. The second-order valence-corrected chi connectivity index (χ2v) is 7.61. The fourth-order valence-electron chi connectivity index (χ4n) is 3.85. The standard InChI is InChI=1S/C23H20N2O8/c26-15-11-12-25(22(31)24-15)21-23(32,19(29)14-9-5-2-6-10-14)20(30)18(33-21)17(28)16(27)13-7-3-1-4-8-13/h1-12,17-18,20-21,28,30,32H,(H,24,26,31)/t17?,18-,20-,21-,23-/m1/s1. The molecule has 0 aliphatic carbocycles. The molecule has 0 bridgehead atoms. The van der Waals surface area contributed by atoms with Gasteiger partial charge in [-0.25, -0.2) is 4.79 Å². The molecule has 1 fully saturated rings. The Balaban J connectivity index is 1.79. The molecule has 4 N–H and O–H groups in total. The van der Waals surface area contributed by atoms with Crippen LogP contribution in [0.4, 0.5) is 0 Å². The van der Waals surface area contributed by atoms with Gasteiger partial charge in [0, 0.05) is 23.4 Å². The van der Waals surface area contributed by atoms with Crippen molar-refractivity contribution >= 4 is 11.6 Å². The van der Waals surface area contributed by atoms with Crippen LogP contribution in [0.3, 0.4) is 0 Å². The van der Waals surface area contributed by atoms with Crippen molar-refractivity contribution in [3.63, 3.8) is 0 Å². The number of hydrogen-bond donors (Lipinski definition) is 4. The molecule has 1 saturated heterocycles. The summed E-state index contributed by atoms with van der Waals surface area (Å²) in [7, 11) is 0. The molecule has 0 radical (unpaired) electrons. The van der Waals surface area contributed by atoms with Crippen LogP contribution in [-0.2, 0) is 4.74 Å². The summed E-state index contributed by atoms with van der Waals surface area (Å²) in [6.45, 7) is 0. The Bertz CT molecular complexity index is 1290. The number of hydrogen-bond acceptors (Lipinski definition) is 8. The summed E-state index contributed by atoms with van der Waals surface area (Å²) in [4.78, 5) is 51.9. The van der Waals surface area contributed by atoms with Gasteiger partial charge in [0.15, 0.2) is 12.0 Å². The van der Waals surface area contributed by atoms with Crippen LogP contribution in [0.1, 0.15) is 26.9 Å². The van der Waals surface area contributed by atoms with Gasteiger partial charge in [-0.1, -0.05) is 60.7 Å². The van der Waals surface area contributed by atoms with Gasteiger partial charge in [0.1, 0.15) is 18.3 Å². The number of aromatic amines is 1. The Hall–Kier alpha value is -3.70. The highest BCUT2D eigenvalue weighted by molar-refractivity contribution is 6.04. The molecule has 1 aliphatic rings. The number of ketones is 2. The maximum atomic E-state index is 13.3. The molecular formula is C23H20N2O8. The Morgan fingerprint density at radius 1 is 0.970 bits per heavy atom. The smallest absolute Gasteiger partial charge is 0.330 e. The monoisotopic (exact) mass is 452 g/mol. The van der Waals surface area contributed by atoms with Crippen molar-refractivity contribution in [3.8, 4) is 0 Å². The van der Waals surface area contributed by atoms with Crippen molar-refractivity contribution in [2.45, 2.75) is 30.1 Å². The van der Waals surface area contributed by atoms with Crippen LogP contribution in [0, 0.1) is 0 Å². The zero-order valence-corrected chi connectivity index (χ0v) is 17.1. The highest BCUT2D eigenvalue weighted by Gasteiger charge is 2.63. The Morgan fingerprint density at radius 2 is 1.55 bits per heavy atom. The van der Waals surface area contributed by atoms with Crippen molar-refractivity contribution in [2.24, 2.45) is 0 Å². The van der Waals surface area contributed by atoms with Crippen LogP contribution < -0.4 is 11.2 Å². The minimum Gasteiger partial charge on any atom is -0.387 e. The molecule has 170 valence electrons. The first kappa shape index (κ1) is 22.5. The number of carbonyl (C=O) groups excluding carboxylic acids is 2. The molecule has 1 aromatic heterocycles. The summed E-state index contributed by atoms with van der Waals surface area (Å²) in [6, 6.07) is 16.1. The zero-order valence-electron chi connectivity index (χ0n) is 17.1. The lowest BCUT2D eigenvalue weighted by Gasteiger charge is -2.30. The Kier molecular flexibility index (Phi) is 5.91. The van der Waals surface area contributed by atoms with E-state index in [1.165, 1.54) is 36.4 Å². The second kappa shape index (κ2) is 8.68. The number of Topliss-reactive ketones (excluding diaryl/α,β-unsaturated/α-hetero) is 2. The molecule has 5 atom stereocenters. The Morgan fingerprint density at radius 3 is 2.12 bits per heavy atom. The van der Waals surface area contributed by atoms with E-state index in [4.69, 9.17) is 4.74 Å². The Labute approximate surface area is 186 Å². The van der Waals surface area contributed by atoms with E-state index < -0.39 is 53.0 Å². The quantitative estimate of drug-likeness (QED) is 0.370. The van der Waals surface area contributed by atoms with Gasteiger partial charge in [0.05, 0.1) is 0 Å². The molecule has 10 nitrogen and oxygen atoms in total. The number of H-pyrrole nitrogens is 1. The highest BCUT2D eigenvalue weighted by atomic mass is 16.6. The minimum atomic E-state index is -2.77. The topological polar surface area (TPSA) is 159 Å². The molecule has 1 aliphatic heterocycles. The van der Waals surface area contributed by atoms with Gasteiger partial charge in [-0.05, 0) is 0 Å². The SMILES string of the molecule is O=C(c1ccccc1)C(O)[C@H]1O[C@@H](n2ccc(=O)[nH]c2=O)[C@@](O)(C(=O)c2ccccc2)[C@@H]1O. The molecular weight excluding hydrogens is 432 g/mol. The van der Waals surface area contributed by atoms with Gasteiger partial charge in [-0.3, -0.25) is 23.9 Å². The second-order valence-electron chi connectivity index (χ2n) is 7.61. The number of nitrogens with zero attached hydrogens (tertiary/aromatic N) is 1. The molecule has 0 amide bonds. The van der Waals surface area contributed by atoms with Crippen molar-refractivity contribution in [1.29, 1.82) is 0 Å². The first-order valence-electron chi connectivity index (χ1n) is 9.99. The summed E-state index contributed by atoms with van der Waals surface area (Å²) in [5, 5.41) is 33.2. The average molecular weight is 452 g/mol. The van der Waals surface area contributed by atoms with Gasteiger partial charge in [0.2, 0.25) is 11.4 Å². The third kappa shape index (κ3) is 3.85. The fourth-order valence-corrected chi connectivity index (χ4v) is 3.85. The van der Waals surface area contributed by atoms with Crippen molar-refractivity contribution < 1.29 is 29.6 Å². The van der Waals surface area contributed by atoms with E-state index in [0.717, 1.165) is 12.3 Å². The number of nitrogens with one attached hydrogen (secondary N) is 1. The van der Waals surface area contributed by atoms with E-state index in [2.05, 4.69) is 0 Å². The van der Waals surface area contributed by atoms with E-state index in [0.29, 0.717) is 4.57 Å². The summed E-state index contributed by atoms with van der Waals surface area (Å²) in [6.07, 6.45) is -6.71. The normalized spacial score (nSPS) is 25.5. The molecule has 0 saturated carbocycles. The van der Waals surface area contributed by atoms with Gasteiger partial charge in [0.25, 0.3) is 5.56 Å². The van der Waals surface area contributed by atoms with Gasteiger partial charge >= 0.3 is 5.69 Å². The predicted molar refractivity (Wildman–Crippen MR) is 114 cm³/mol. The van der Waals surface area contributed by atoms with Crippen LogP contribution >= 0.6 is 0 Å². The molecule has 1 unspecified atom stereocenters. The zero-order chi connectivity index (χ0) is 23.8. The third-order valence-electron chi connectivity index (χ3n) is 5.57. The molecule has 10 heteroatoms. The predicted octanol–water partition coefficient (Wildman–Crippen LogP) is -0.347. The first-order valence-corrected chi connectivity index (χ1v) is 9.99. The molecule has 0 spiro atoms. The third-order valence-corrected chi connectivity index (χ3v) is 5.57. The fraction of sp³-hybridized carbons (Fsp3) is 0.217. The lowest BCUT2D eigenvalue weighted by Crippen LogP contribution is -2.56. The maximum Gasteiger partial charge on any atom is 0.330 e. The lowest BCUT2D eigenvalue weighted by atomic mass is 9.83. The van der Waals surface area contributed by atoms with Crippen LogP contribution in [0.2, 0.25) is 0 Å². The van der Waals surface area contributed by atoms with Crippen LogP contribution in [0.25, 0.3) is 0 Å². The summed E-state index contributed by atoms with van der Waals surface area (Å²) >= 11 is 0. The van der Waals surface area contributed by atoms with E-state index in [9.17, 15) is 34.5 Å². The molecule has 4 rings (SSSR count). The van der Waals surface area contributed by atoms with Gasteiger partial charge in [-0.2, -0.15) is 0 Å². The van der Waals surface area contributed by atoms with E-state index in [1.54, 1.807) is 24.3 Å². The summed E-state index contributed by atoms with van der Waals surface area (Å²) in [5.41, 5.74) is -4.42. The van der Waals surface area contributed by atoms with Crippen LogP contribution in [0.15, 0.2) is 82.5 Å². The number of aromatic nitrogens is 2. The van der Waals surface area contributed by atoms with Crippen molar-refractivity contribution in [1.82, 2.24) is 9.55 Å². The van der Waals surface area contributed by atoms with E-state index in [1.807, 2.05) is 4.98 Å². The number of carbonyl (C=O) groups is 2. The minimum absolute atomic E-state index is 0.00495. The number of benzene rings is 2. The molecule has 2 aromatic carbocycles. The maximum absolute atomic E-state index is 13.3. The average Bonchev–Trinajstić information content (AvgIpc) is 3.10. The summed E-state index contributed by atoms with van der Waals surface area (Å²) in [5.74, 6) is -1.82. The highest BCUT2D eigenvalue weighted by Crippen LogP contribution is 2.41. The largest absolute Gasteiger partial charge is 0.387 e. The van der Waals surface area contributed by atoms with Crippen LogP contribution in [0.5, 0.6) is 0 Å². The van der Waals surface area contributed by atoms with E-state index in [-0.39, 0.29) is 11.1 Å². The van der Waals surface area contributed by atoms with E-state index >= 15 is 0 Å². The number of rotatable bonds is 6. The first-order chi connectivity index (χ1) is 15.7. The van der Waals surface area contributed by atoms with Gasteiger partial charge < -0.3 is 20.1 Å². The van der Waals surface area contributed by atoms with Crippen molar-refractivity contribution in [2.75, 3.05) is 0 Å². The van der Waals surface area contributed by atoms with Crippen molar-refractivity contribution in [3.05, 3.63) is 105 Å².